The van der Waals surface area contributed by atoms with Crippen molar-refractivity contribution < 1.29 is 19.1 Å². The summed E-state index contributed by atoms with van der Waals surface area (Å²) in [7, 11) is 0. The first kappa shape index (κ1) is 23.7. The normalized spacial score (nSPS) is 14.9. The second-order valence-electron chi connectivity index (χ2n) is 7.42. The predicted molar refractivity (Wildman–Crippen MR) is 128 cm³/mol. The fourth-order valence-corrected chi connectivity index (χ4v) is 3.98. The number of nitrogens with one attached hydrogen (secondary N) is 1. The van der Waals surface area contributed by atoms with Gasteiger partial charge >= 0.3 is 5.97 Å². The third-order valence-corrected chi connectivity index (χ3v) is 5.57. The fourth-order valence-electron chi connectivity index (χ4n) is 3.69. The quantitative estimate of drug-likeness (QED) is 0.269. The smallest absolute Gasteiger partial charge is 0.338 e. The number of nitrogens with zero attached hydrogens (tertiary/aromatic N) is 2. The molecule has 2 heterocycles. The van der Waals surface area contributed by atoms with Crippen LogP contribution < -0.4 is 5.32 Å². The van der Waals surface area contributed by atoms with Gasteiger partial charge in [-0.1, -0.05) is 0 Å². The standard InChI is InChI=1S/C24H29N3O4S/c1-5-30-13-7-12-26-22(28)21(25-24(26)32)15-19-14-16(3)27(17(19)4)20-10-8-18(9-11-20)23(29)31-6-2/h8-11,14-15H,5-7,12-13H2,1-4H3,(H,25,32)/b21-15+. The van der Waals surface area contributed by atoms with E-state index in [2.05, 4.69) is 9.88 Å². The van der Waals surface area contributed by atoms with Gasteiger partial charge in [0.25, 0.3) is 5.91 Å². The zero-order chi connectivity index (χ0) is 23.3. The van der Waals surface area contributed by atoms with Gasteiger partial charge in [-0.3, -0.25) is 9.69 Å². The van der Waals surface area contributed by atoms with Crippen LogP contribution in [0.3, 0.4) is 0 Å². The topological polar surface area (TPSA) is 72.8 Å². The number of aromatic nitrogens is 1. The maximum absolute atomic E-state index is 12.8. The van der Waals surface area contributed by atoms with Crippen molar-refractivity contribution >= 4 is 35.3 Å². The number of carbonyl (C=O) groups excluding carboxylic acids is 2. The van der Waals surface area contributed by atoms with Crippen molar-refractivity contribution in [2.45, 2.75) is 34.1 Å². The molecule has 0 spiro atoms. The van der Waals surface area contributed by atoms with Crippen LogP contribution in [0.25, 0.3) is 11.8 Å². The molecule has 3 rings (SSSR count). The second kappa shape index (κ2) is 10.6. The first-order chi connectivity index (χ1) is 15.4. The minimum Gasteiger partial charge on any atom is -0.462 e. The largest absolute Gasteiger partial charge is 0.462 e. The molecule has 0 bridgehead atoms. The molecule has 0 aliphatic carbocycles. The highest BCUT2D eigenvalue weighted by Gasteiger charge is 2.30. The number of hydrogen-bond donors (Lipinski definition) is 1. The van der Waals surface area contributed by atoms with Crippen molar-refractivity contribution in [3.05, 3.63) is 58.5 Å². The Morgan fingerprint density at radius 3 is 2.53 bits per heavy atom. The van der Waals surface area contributed by atoms with Crippen LogP contribution in [0.2, 0.25) is 0 Å². The lowest BCUT2D eigenvalue weighted by Gasteiger charge is -2.13. The number of hydrogen-bond acceptors (Lipinski definition) is 5. The third kappa shape index (κ3) is 5.08. The number of benzene rings is 1. The number of aryl methyl sites for hydroxylation is 1. The van der Waals surface area contributed by atoms with Crippen molar-refractivity contribution in [2.24, 2.45) is 0 Å². The van der Waals surface area contributed by atoms with Crippen molar-refractivity contribution in [3.8, 4) is 5.69 Å². The van der Waals surface area contributed by atoms with Gasteiger partial charge in [0.15, 0.2) is 5.11 Å². The van der Waals surface area contributed by atoms with Gasteiger partial charge in [-0.25, -0.2) is 4.79 Å². The van der Waals surface area contributed by atoms with Gasteiger partial charge in [0, 0.05) is 36.8 Å². The van der Waals surface area contributed by atoms with E-state index >= 15 is 0 Å². The lowest BCUT2D eigenvalue weighted by Crippen LogP contribution is -2.32. The van der Waals surface area contributed by atoms with Gasteiger partial charge in [-0.15, -0.1) is 0 Å². The number of esters is 1. The zero-order valence-electron chi connectivity index (χ0n) is 18.9. The summed E-state index contributed by atoms with van der Waals surface area (Å²) in [5.41, 5.74) is 4.82. The number of rotatable bonds is 9. The summed E-state index contributed by atoms with van der Waals surface area (Å²) in [4.78, 5) is 26.3. The Labute approximate surface area is 194 Å². The van der Waals surface area contributed by atoms with E-state index < -0.39 is 0 Å². The molecule has 0 atom stereocenters. The Balaban J connectivity index is 1.80. The van der Waals surface area contributed by atoms with Crippen LogP contribution in [0, 0.1) is 13.8 Å². The van der Waals surface area contributed by atoms with Gasteiger partial charge < -0.3 is 19.4 Å². The zero-order valence-corrected chi connectivity index (χ0v) is 19.8. The molecule has 0 saturated carbocycles. The van der Waals surface area contributed by atoms with E-state index in [-0.39, 0.29) is 11.9 Å². The Hall–Kier alpha value is -2.97. The van der Waals surface area contributed by atoms with Crippen LogP contribution in [-0.4, -0.2) is 52.8 Å². The van der Waals surface area contributed by atoms with Crippen molar-refractivity contribution in [2.75, 3.05) is 26.4 Å². The molecule has 1 aromatic carbocycles. The average molecular weight is 456 g/mol. The van der Waals surface area contributed by atoms with E-state index in [4.69, 9.17) is 21.7 Å². The van der Waals surface area contributed by atoms with Gasteiger partial charge in [-0.2, -0.15) is 0 Å². The van der Waals surface area contributed by atoms with Crippen molar-refractivity contribution in [1.29, 1.82) is 0 Å². The van der Waals surface area contributed by atoms with E-state index in [1.54, 1.807) is 24.0 Å². The van der Waals surface area contributed by atoms with E-state index in [9.17, 15) is 9.59 Å². The Bertz CT molecular complexity index is 1040. The van der Waals surface area contributed by atoms with Crippen LogP contribution in [0.5, 0.6) is 0 Å². The second-order valence-corrected chi connectivity index (χ2v) is 7.81. The molecule has 1 aliphatic heterocycles. The lowest BCUT2D eigenvalue weighted by molar-refractivity contribution is -0.122. The molecule has 170 valence electrons. The molecule has 0 unspecified atom stereocenters. The van der Waals surface area contributed by atoms with Crippen LogP contribution >= 0.6 is 12.2 Å². The summed E-state index contributed by atoms with van der Waals surface area (Å²) >= 11 is 5.35. The van der Waals surface area contributed by atoms with Crippen molar-refractivity contribution in [3.63, 3.8) is 0 Å². The van der Waals surface area contributed by atoms with Gasteiger partial charge in [0.1, 0.15) is 5.70 Å². The third-order valence-electron chi connectivity index (χ3n) is 5.24. The molecule has 1 amide bonds. The van der Waals surface area contributed by atoms with Crippen LogP contribution in [0.15, 0.2) is 36.0 Å². The van der Waals surface area contributed by atoms with Gasteiger partial charge in [-0.05, 0) is 88.3 Å². The summed E-state index contributed by atoms with van der Waals surface area (Å²) in [6, 6.07) is 9.31. The number of amides is 1. The van der Waals surface area contributed by atoms with E-state index in [0.29, 0.717) is 42.7 Å². The SMILES string of the molecule is CCOCCCN1C(=O)/C(=C\c2cc(C)n(-c3ccc(C(=O)OCC)cc3)c2C)NC1=S. The Kier molecular flexibility index (Phi) is 7.82. The van der Waals surface area contributed by atoms with E-state index in [1.165, 1.54) is 0 Å². The fraction of sp³-hybridized carbons (Fsp3) is 0.375. The molecule has 1 aromatic heterocycles. The van der Waals surface area contributed by atoms with Crippen LogP contribution in [0.1, 0.15) is 47.6 Å². The summed E-state index contributed by atoms with van der Waals surface area (Å²) in [6.45, 7) is 9.84. The number of carbonyl (C=O) groups is 2. The van der Waals surface area contributed by atoms with Gasteiger partial charge in [0.2, 0.25) is 0 Å². The molecule has 1 N–H and O–H groups in total. The van der Waals surface area contributed by atoms with E-state index in [1.807, 2.05) is 45.0 Å². The molecule has 7 nitrogen and oxygen atoms in total. The molecule has 8 heteroatoms. The highest BCUT2D eigenvalue weighted by molar-refractivity contribution is 7.80. The van der Waals surface area contributed by atoms with Crippen molar-refractivity contribution in [1.82, 2.24) is 14.8 Å². The summed E-state index contributed by atoms with van der Waals surface area (Å²) in [5, 5.41) is 3.46. The lowest BCUT2D eigenvalue weighted by atomic mass is 10.2. The summed E-state index contributed by atoms with van der Waals surface area (Å²) in [5.74, 6) is -0.465. The Morgan fingerprint density at radius 2 is 1.88 bits per heavy atom. The molecule has 2 aromatic rings. The van der Waals surface area contributed by atoms with Gasteiger partial charge in [0.05, 0.1) is 12.2 Å². The Morgan fingerprint density at radius 1 is 1.16 bits per heavy atom. The van der Waals surface area contributed by atoms with E-state index in [0.717, 1.165) is 29.1 Å². The molecule has 1 fully saturated rings. The molecule has 0 radical (unpaired) electrons. The van der Waals surface area contributed by atoms with Crippen LogP contribution in [0.4, 0.5) is 0 Å². The minimum absolute atomic E-state index is 0.130. The summed E-state index contributed by atoms with van der Waals surface area (Å²) in [6.07, 6.45) is 2.56. The van der Waals surface area contributed by atoms with Crippen LogP contribution in [-0.2, 0) is 14.3 Å². The maximum atomic E-state index is 12.8. The molecule has 32 heavy (non-hydrogen) atoms. The highest BCUT2D eigenvalue weighted by atomic mass is 32.1. The number of ether oxygens (including phenoxy) is 2. The molecular formula is C24H29N3O4S. The first-order valence-electron chi connectivity index (χ1n) is 10.8. The average Bonchev–Trinajstić information content (AvgIpc) is 3.20. The predicted octanol–water partition coefficient (Wildman–Crippen LogP) is 3.76. The summed E-state index contributed by atoms with van der Waals surface area (Å²) < 4.78 is 12.5. The first-order valence-corrected chi connectivity index (χ1v) is 11.2. The highest BCUT2D eigenvalue weighted by Crippen LogP contribution is 2.24. The monoisotopic (exact) mass is 455 g/mol. The molecule has 1 aliphatic rings. The number of thiocarbonyl (C=S) groups is 1. The molecular weight excluding hydrogens is 426 g/mol. The molecule has 1 saturated heterocycles. The maximum Gasteiger partial charge on any atom is 0.338 e. The minimum atomic E-state index is -0.335.